The van der Waals surface area contributed by atoms with Crippen LogP contribution in [0, 0.1) is 0 Å². The normalized spacial score (nSPS) is 10.8. The number of esters is 1. The molecule has 1 amide bonds. The number of nitrogens with one attached hydrogen (secondary N) is 1. The lowest BCUT2D eigenvalue weighted by Gasteiger charge is -2.14. The molecule has 21 heavy (non-hydrogen) atoms. The third-order valence-electron chi connectivity index (χ3n) is 3.31. The number of hydrogen-bond acceptors (Lipinski definition) is 4. The lowest BCUT2D eigenvalue weighted by Crippen LogP contribution is -2.36. The van der Waals surface area contributed by atoms with Crippen LogP contribution in [-0.4, -0.2) is 24.5 Å². The van der Waals surface area contributed by atoms with Gasteiger partial charge in [0, 0.05) is 11.4 Å². The Morgan fingerprint density at radius 3 is 2.62 bits per heavy atom. The minimum absolute atomic E-state index is 0.103. The summed E-state index contributed by atoms with van der Waals surface area (Å²) in [5.41, 5.74) is 0.617. The van der Waals surface area contributed by atoms with Crippen LogP contribution in [0.5, 0.6) is 0 Å². The van der Waals surface area contributed by atoms with E-state index in [1.54, 1.807) is 12.1 Å². The molecule has 0 aliphatic carbocycles. The molecular formula is C16H19NO4. The van der Waals surface area contributed by atoms with Crippen LogP contribution < -0.4 is 5.32 Å². The highest BCUT2D eigenvalue weighted by molar-refractivity contribution is 5.93. The molecule has 112 valence electrons. The molecule has 5 heteroatoms. The van der Waals surface area contributed by atoms with Crippen LogP contribution in [0.1, 0.15) is 37.2 Å². The minimum atomic E-state index is -0.633. The van der Waals surface area contributed by atoms with E-state index in [9.17, 15) is 9.59 Å². The molecule has 1 N–H and O–H groups in total. The predicted molar refractivity (Wildman–Crippen MR) is 79.0 cm³/mol. The van der Waals surface area contributed by atoms with E-state index in [1.165, 1.54) is 0 Å². The fraction of sp³-hybridized carbons (Fsp3) is 0.375. The van der Waals surface area contributed by atoms with Crippen molar-refractivity contribution in [2.45, 2.75) is 32.7 Å². The van der Waals surface area contributed by atoms with Crippen LogP contribution in [0.15, 0.2) is 34.7 Å². The van der Waals surface area contributed by atoms with Crippen LogP contribution in [0.3, 0.4) is 0 Å². The van der Waals surface area contributed by atoms with Crippen molar-refractivity contribution in [1.29, 1.82) is 0 Å². The molecule has 5 nitrogen and oxygen atoms in total. The van der Waals surface area contributed by atoms with Crippen molar-refractivity contribution in [1.82, 2.24) is 5.32 Å². The van der Waals surface area contributed by atoms with Gasteiger partial charge in [-0.25, -0.2) is 4.79 Å². The van der Waals surface area contributed by atoms with E-state index >= 15 is 0 Å². The SMILES string of the molecule is CCC(CC)NC(=O)COC(=O)c1cc2ccccc2o1. The largest absolute Gasteiger partial charge is 0.450 e. The highest BCUT2D eigenvalue weighted by atomic mass is 16.5. The van der Waals surface area contributed by atoms with E-state index in [4.69, 9.17) is 9.15 Å². The zero-order valence-electron chi connectivity index (χ0n) is 12.2. The number of ether oxygens (including phenoxy) is 1. The van der Waals surface area contributed by atoms with E-state index in [-0.39, 0.29) is 24.3 Å². The average molecular weight is 289 g/mol. The van der Waals surface area contributed by atoms with E-state index < -0.39 is 5.97 Å². The standard InChI is InChI=1S/C16H19NO4/c1-3-12(4-2)17-15(18)10-20-16(19)14-9-11-7-5-6-8-13(11)21-14/h5-9,12H,3-4,10H2,1-2H3,(H,17,18). The van der Waals surface area contributed by atoms with Crippen LogP contribution in [0.2, 0.25) is 0 Å². The van der Waals surface area contributed by atoms with Gasteiger partial charge < -0.3 is 14.5 Å². The van der Waals surface area contributed by atoms with Crippen molar-refractivity contribution in [2.75, 3.05) is 6.61 Å². The third kappa shape index (κ3) is 3.84. The Bertz CT molecular complexity index is 595. The van der Waals surface area contributed by atoms with E-state index in [0.717, 1.165) is 18.2 Å². The number of benzene rings is 1. The number of carbonyl (C=O) groups excluding carboxylic acids is 2. The molecule has 0 atom stereocenters. The summed E-state index contributed by atoms with van der Waals surface area (Å²) < 4.78 is 10.3. The van der Waals surface area contributed by atoms with Gasteiger partial charge in [-0.05, 0) is 25.0 Å². The summed E-state index contributed by atoms with van der Waals surface area (Å²) in [6, 6.07) is 9.01. The number of amides is 1. The third-order valence-corrected chi connectivity index (χ3v) is 3.31. The Kier molecular flexibility index (Phi) is 4.98. The lowest BCUT2D eigenvalue weighted by atomic mass is 10.2. The summed E-state index contributed by atoms with van der Waals surface area (Å²) in [5, 5.41) is 3.63. The van der Waals surface area contributed by atoms with Gasteiger partial charge in [0.15, 0.2) is 6.61 Å². The summed E-state index contributed by atoms with van der Waals surface area (Å²) in [6.07, 6.45) is 1.69. The van der Waals surface area contributed by atoms with Gasteiger partial charge in [-0.1, -0.05) is 32.0 Å². The molecule has 0 unspecified atom stereocenters. The molecule has 1 aromatic heterocycles. The molecule has 0 saturated carbocycles. The fourth-order valence-electron chi connectivity index (χ4n) is 2.05. The molecule has 2 rings (SSSR count). The van der Waals surface area contributed by atoms with Crippen molar-refractivity contribution in [3.8, 4) is 0 Å². The van der Waals surface area contributed by atoms with Crippen LogP contribution in [0.4, 0.5) is 0 Å². The summed E-state index contributed by atoms with van der Waals surface area (Å²) in [6.45, 7) is 3.69. The molecule has 0 fully saturated rings. The van der Waals surface area contributed by atoms with Gasteiger partial charge in [-0.15, -0.1) is 0 Å². The Morgan fingerprint density at radius 1 is 1.24 bits per heavy atom. The van der Waals surface area contributed by atoms with Gasteiger partial charge in [-0.3, -0.25) is 4.79 Å². The van der Waals surface area contributed by atoms with Gasteiger partial charge >= 0.3 is 5.97 Å². The second kappa shape index (κ2) is 6.92. The molecule has 1 aromatic carbocycles. The van der Waals surface area contributed by atoms with E-state index in [1.807, 2.05) is 32.0 Å². The van der Waals surface area contributed by atoms with Gasteiger partial charge in [0.2, 0.25) is 5.76 Å². The van der Waals surface area contributed by atoms with Crippen molar-refractivity contribution < 1.29 is 18.7 Å². The molecule has 1 heterocycles. The topological polar surface area (TPSA) is 68.5 Å². The van der Waals surface area contributed by atoms with Gasteiger partial charge in [0.1, 0.15) is 5.58 Å². The first-order valence-electron chi connectivity index (χ1n) is 7.09. The Hall–Kier alpha value is -2.30. The summed E-state index contributed by atoms with van der Waals surface area (Å²) in [5.74, 6) is -0.828. The average Bonchev–Trinajstić information content (AvgIpc) is 2.94. The Labute approximate surface area is 123 Å². The molecule has 0 radical (unpaired) electrons. The highest BCUT2D eigenvalue weighted by Gasteiger charge is 2.16. The van der Waals surface area contributed by atoms with Crippen LogP contribution in [0.25, 0.3) is 11.0 Å². The van der Waals surface area contributed by atoms with Gasteiger partial charge in [-0.2, -0.15) is 0 Å². The molecule has 0 aliphatic heterocycles. The number of rotatable bonds is 6. The number of carbonyl (C=O) groups is 2. The number of fused-ring (bicyclic) bond motifs is 1. The second-order valence-electron chi connectivity index (χ2n) is 4.81. The highest BCUT2D eigenvalue weighted by Crippen LogP contribution is 2.19. The van der Waals surface area contributed by atoms with Gasteiger partial charge in [0.05, 0.1) is 0 Å². The van der Waals surface area contributed by atoms with Crippen LogP contribution >= 0.6 is 0 Å². The fourth-order valence-corrected chi connectivity index (χ4v) is 2.05. The number of para-hydroxylation sites is 1. The Balaban J connectivity index is 1.91. The maximum Gasteiger partial charge on any atom is 0.374 e. The van der Waals surface area contributed by atoms with E-state index in [0.29, 0.717) is 5.58 Å². The second-order valence-corrected chi connectivity index (χ2v) is 4.81. The zero-order chi connectivity index (χ0) is 15.2. The van der Waals surface area contributed by atoms with Gasteiger partial charge in [0.25, 0.3) is 5.91 Å². The molecule has 0 bridgehead atoms. The first kappa shape index (κ1) is 15.1. The maximum atomic E-state index is 11.8. The Morgan fingerprint density at radius 2 is 1.95 bits per heavy atom. The minimum Gasteiger partial charge on any atom is -0.450 e. The predicted octanol–water partition coefficient (Wildman–Crippen LogP) is 2.89. The van der Waals surface area contributed by atoms with Crippen LogP contribution in [-0.2, 0) is 9.53 Å². The maximum absolute atomic E-state index is 11.8. The molecule has 2 aromatic rings. The zero-order valence-corrected chi connectivity index (χ0v) is 12.2. The summed E-state index contributed by atoms with van der Waals surface area (Å²) in [7, 11) is 0. The van der Waals surface area contributed by atoms with Crippen molar-refractivity contribution in [2.24, 2.45) is 0 Å². The molecule has 0 aliphatic rings. The van der Waals surface area contributed by atoms with Crippen molar-refractivity contribution in [3.63, 3.8) is 0 Å². The van der Waals surface area contributed by atoms with Crippen molar-refractivity contribution in [3.05, 3.63) is 36.1 Å². The van der Waals surface area contributed by atoms with Crippen molar-refractivity contribution >= 4 is 22.8 Å². The smallest absolute Gasteiger partial charge is 0.374 e. The lowest BCUT2D eigenvalue weighted by molar-refractivity contribution is -0.125. The monoisotopic (exact) mass is 289 g/mol. The van der Waals surface area contributed by atoms with E-state index in [2.05, 4.69) is 5.32 Å². The first-order chi connectivity index (χ1) is 10.1. The molecular weight excluding hydrogens is 270 g/mol. The molecule has 0 spiro atoms. The molecule has 0 saturated heterocycles. The number of hydrogen-bond donors (Lipinski definition) is 1. The quantitative estimate of drug-likeness (QED) is 0.830. The summed E-state index contributed by atoms with van der Waals surface area (Å²) in [4.78, 5) is 23.5. The summed E-state index contributed by atoms with van der Waals surface area (Å²) >= 11 is 0. The first-order valence-corrected chi connectivity index (χ1v) is 7.09. The number of furan rings is 1.